The molecule has 0 radical (unpaired) electrons. The van der Waals surface area contributed by atoms with E-state index < -0.39 is 0 Å². The lowest BCUT2D eigenvalue weighted by Crippen LogP contribution is -2.20. The average molecular weight is 280 g/mol. The second-order valence-corrected chi connectivity index (χ2v) is 6.60. The highest BCUT2D eigenvalue weighted by molar-refractivity contribution is 5.99. The maximum atomic E-state index is 12.2. The van der Waals surface area contributed by atoms with Crippen molar-refractivity contribution in [3.05, 3.63) is 65.2 Å². The zero-order valence-corrected chi connectivity index (χ0v) is 12.7. The molecule has 3 rings (SSSR count). The van der Waals surface area contributed by atoms with Gasteiger partial charge < -0.3 is 4.74 Å². The van der Waals surface area contributed by atoms with Gasteiger partial charge in [0.1, 0.15) is 11.9 Å². The fourth-order valence-electron chi connectivity index (χ4n) is 2.66. The first-order valence-corrected chi connectivity index (χ1v) is 7.34. The highest BCUT2D eigenvalue weighted by atomic mass is 16.5. The van der Waals surface area contributed by atoms with Crippen LogP contribution in [0.15, 0.2) is 48.5 Å². The summed E-state index contributed by atoms with van der Waals surface area (Å²) in [6, 6.07) is 15.9. The van der Waals surface area contributed by atoms with Gasteiger partial charge in [-0.25, -0.2) is 0 Å². The highest BCUT2D eigenvalue weighted by Crippen LogP contribution is 2.35. The molecule has 108 valence electrons. The van der Waals surface area contributed by atoms with E-state index in [-0.39, 0.29) is 17.3 Å². The monoisotopic (exact) mass is 280 g/mol. The Labute approximate surface area is 125 Å². The largest absolute Gasteiger partial charge is 0.484 e. The van der Waals surface area contributed by atoms with Crippen molar-refractivity contribution in [3.63, 3.8) is 0 Å². The number of carbonyl (C=O) groups is 1. The van der Waals surface area contributed by atoms with Crippen LogP contribution in [-0.2, 0) is 5.41 Å². The van der Waals surface area contributed by atoms with E-state index in [1.165, 1.54) is 5.56 Å². The summed E-state index contributed by atoms with van der Waals surface area (Å²) in [5.41, 5.74) is 3.17. The van der Waals surface area contributed by atoms with Crippen molar-refractivity contribution in [2.45, 2.75) is 38.7 Å². The van der Waals surface area contributed by atoms with Crippen molar-refractivity contribution in [2.24, 2.45) is 0 Å². The smallest absolute Gasteiger partial charge is 0.170 e. The molecule has 0 aliphatic carbocycles. The maximum Gasteiger partial charge on any atom is 0.170 e. The van der Waals surface area contributed by atoms with Gasteiger partial charge >= 0.3 is 0 Å². The van der Waals surface area contributed by atoms with E-state index >= 15 is 0 Å². The summed E-state index contributed by atoms with van der Waals surface area (Å²) >= 11 is 0. The Kier molecular flexibility index (Phi) is 3.32. The first-order valence-electron chi connectivity index (χ1n) is 7.34. The van der Waals surface area contributed by atoms with Crippen molar-refractivity contribution >= 4 is 5.78 Å². The van der Waals surface area contributed by atoms with E-state index in [4.69, 9.17) is 4.74 Å². The standard InChI is InChI=1S/C19H20O2/c1-19(2,3)14-10-8-13(9-11-14)18-12-16(20)15-6-4-5-7-17(15)21-18/h4-11,18H,12H2,1-3H3/t18-/m1/s1. The quantitative estimate of drug-likeness (QED) is 0.757. The Morgan fingerprint density at radius 2 is 1.67 bits per heavy atom. The molecular formula is C19H20O2. The number of fused-ring (bicyclic) bond motifs is 1. The Bertz CT molecular complexity index is 663. The maximum absolute atomic E-state index is 12.2. The zero-order chi connectivity index (χ0) is 15.0. The molecule has 1 atom stereocenters. The number of benzene rings is 2. The second-order valence-electron chi connectivity index (χ2n) is 6.60. The van der Waals surface area contributed by atoms with Gasteiger partial charge in [-0.1, -0.05) is 57.2 Å². The van der Waals surface area contributed by atoms with Gasteiger partial charge in [0.25, 0.3) is 0 Å². The van der Waals surface area contributed by atoms with Gasteiger partial charge in [-0.2, -0.15) is 0 Å². The lowest BCUT2D eigenvalue weighted by molar-refractivity contribution is 0.0850. The van der Waals surface area contributed by atoms with Gasteiger partial charge in [0, 0.05) is 0 Å². The Morgan fingerprint density at radius 3 is 2.33 bits per heavy atom. The van der Waals surface area contributed by atoms with Crippen LogP contribution >= 0.6 is 0 Å². The molecule has 0 fully saturated rings. The molecule has 2 aromatic rings. The van der Waals surface area contributed by atoms with Crippen LogP contribution in [0, 0.1) is 0 Å². The molecule has 0 amide bonds. The van der Waals surface area contributed by atoms with Crippen molar-refractivity contribution in [3.8, 4) is 5.75 Å². The minimum Gasteiger partial charge on any atom is -0.484 e. The van der Waals surface area contributed by atoms with Crippen molar-refractivity contribution in [2.75, 3.05) is 0 Å². The number of Topliss-reactive ketones (excluding diaryl/α,β-unsaturated/α-hetero) is 1. The van der Waals surface area contributed by atoms with Crippen LogP contribution < -0.4 is 4.74 Å². The third-order valence-electron chi connectivity index (χ3n) is 3.98. The summed E-state index contributed by atoms with van der Waals surface area (Å²) in [4.78, 5) is 12.2. The van der Waals surface area contributed by atoms with Crippen LogP contribution in [-0.4, -0.2) is 5.78 Å². The molecule has 0 spiro atoms. The minimum absolute atomic E-state index is 0.133. The highest BCUT2D eigenvalue weighted by Gasteiger charge is 2.27. The average Bonchev–Trinajstić information content (AvgIpc) is 2.46. The molecule has 1 aliphatic heterocycles. The number of para-hydroxylation sites is 1. The van der Waals surface area contributed by atoms with E-state index in [0.717, 1.165) is 5.56 Å². The third kappa shape index (κ3) is 2.71. The Hall–Kier alpha value is -2.09. The summed E-state index contributed by atoms with van der Waals surface area (Å²) in [5.74, 6) is 0.848. The number of hydrogen-bond donors (Lipinski definition) is 0. The van der Waals surface area contributed by atoms with Gasteiger partial charge in [-0.3, -0.25) is 4.79 Å². The zero-order valence-electron chi connectivity index (χ0n) is 12.7. The van der Waals surface area contributed by atoms with E-state index in [2.05, 4.69) is 45.0 Å². The van der Waals surface area contributed by atoms with Crippen LogP contribution in [0.25, 0.3) is 0 Å². The van der Waals surface area contributed by atoms with Crippen molar-refractivity contribution < 1.29 is 9.53 Å². The lowest BCUT2D eigenvalue weighted by atomic mass is 9.86. The van der Waals surface area contributed by atoms with Crippen LogP contribution in [0.5, 0.6) is 5.75 Å². The third-order valence-corrected chi connectivity index (χ3v) is 3.98. The number of rotatable bonds is 1. The second kappa shape index (κ2) is 5.03. The molecule has 0 N–H and O–H groups in total. The number of hydrogen-bond acceptors (Lipinski definition) is 2. The molecule has 0 aromatic heterocycles. The van der Waals surface area contributed by atoms with Crippen LogP contribution in [0.2, 0.25) is 0 Å². The first-order chi connectivity index (χ1) is 9.95. The predicted octanol–water partition coefficient (Wildman–Crippen LogP) is 4.69. The van der Waals surface area contributed by atoms with Crippen LogP contribution in [0.1, 0.15) is 54.8 Å². The summed E-state index contributed by atoms with van der Waals surface area (Å²) in [6.07, 6.45) is 0.229. The molecular weight excluding hydrogens is 260 g/mol. The molecule has 2 nitrogen and oxygen atoms in total. The van der Waals surface area contributed by atoms with Crippen LogP contribution in [0.4, 0.5) is 0 Å². The fraction of sp³-hybridized carbons (Fsp3) is 0.316. The van der Waals surface area contributed by atoms with E-state index in [0.29, 0.717) is 17.7 Å². The normalized spacial score (nSPS) is 18.0. The van der Waals surface area contributed by atoms with Gasteiger partial charge in [0.15, 0.2) is 5.78 Å². The summed E-state index contributed by atoms with van der Waals surface area (Å²) in [7, 11) is 0. The summed E-state index contributed by atoms with van der Waals surface area (Å²) in [5, 5.41) is 0. The SMILES string of the molecule is CC(C)(C)c1ccc([C@H]2CC(=O)c3ccccc3O2)cc1. The lowest BCUT2D eigenvalue weighted by Gasteiger charge is -2.26. The molecule has 2 aromatic carbocycles. The van der Waals surface area contributed by atoms with E-state index in [9.17, 15) is 4.79 Å². The predicted molar refractivity (Wildman–Crippen MR) is 83.9 cm³/mol. The Balaban J connectivity index is 1.88. The number of ether oxygens (including phenoxy) is 1. The fourth-order valence-corrected chi connectivity index (χ4v) is 2.66. The topological polar surface area (TPSA) is 26.3 Å². The van der Waals surface area contributed by atoms with Crippen LogP contribution in [0.3, 0.4) is 0 Å². The van der Waals surface area contributed by atoms with E-state index in [1.807, 2.05) is 24.3 Å². The molecule has 1 heterocycles. The minimum atomic E-state index is -0.179. The molecule has 0 bridgehead atoms. The molecule has 0 unspecified atom stereocenters. The summed E-state index contributed by atoms with van der Waals surface area (Å²) < 4.78 is 5.99. The van der Waals surface area contributed by atoms with Gasteiger partial charge in [-0.05, 0) is 28.7 Å². The Morgan fingerprint density at radius 1 is 1.00 bits per heavy atom. The molecule has 2 heteroatoms. The van der Waals surface area contributed by atoms with Crippen molar-refractivity contribution in [1.82, 2.24) is 0 Å². The van der Waals surface area contributed by atoms with Crippen molar-refractivity contribution in [1.29, 1.82) is 0 Å². The van der Waals surface area contributed by atoms with E-state index in [1.54, 1.807) is 0 Å². The molecule has 0 saturated carbocycles. The van der Waals surface area contributed by atoms with Gasteiger partial charge in [0.05, 0.1) is 12.0 Å². The first kappa shape index (κ1) is 13.9. The van der Waals surface area contributed by atoms with Gasteiger partial charge in [-0.15, -0.1) is 0 Å². The van der Waals surface area contributed by atoms with Gasteiger partial charge in [0.2, 0.25) is 0 Å². The molecule has 1 aliphatic rings. The molecule has 0 saturated heterocycles. The number of ketones is 1. The molecule has 21 heavy (non-hydrogen) atoms. The number of carbonyl (C=O) groups excluding carboxylic acids is 1. The summed E-state index contributed by atoms with van der Waals surface area (Å²) in [6.45, 7) is 6.58.